The Balaban J connectivity index is 2.53. The van der Waals surface area contributed by atoms with Gasteiger partial charge in [-0.25, -0.2) is 0 Å². The van der Waals surface area contributed by atoms with Gasteiger partial charge >= 0.3 is 0 Å². The van der Waals surface area contributed by atoms with Gasteiger partial charge in [0.25, 0.3) is 0 Å². The van der Waals surface area contributed by atoms with Crippen LogP contribution in [0.4, 0.5) is 0 Å². The normalized spacial score (nSPS) is 14.3. The van der Waals surface area contributed by atoms with E-state index in [2.05, 4.69) is 0 Å². The summed E-state index contributed by atoms with van der Waals surface area (Å²) in [5.41, 5.74) is 2.03. The molecule has 1 aromatic rings. The maximum atomic E-state index is 9.19. The van der Waals surface area contributed by atoms with Gasteiger partial charge in [-0.15, -0.1) is 0 Å². The van der Waals surface area contributed by atoms with Gasteiger partial charge in [0, 0.05) is 6.42 Å². The van der Waals surface area contributed by atoms with Crippen molar-refractivity contribution in [3.8, 4) is 11.5 Å². The number of rotatable bonds is 0. The minimum atomic E-state index is -0.0553. The molecule has 0 spiro atoms. The van der Waals surface area contributed by atoms with Crippen LogP contribution in [0.15, 0.2) is 24.3 Å². The van der Waals surface area contributed by atoms with E-state index >= 15 is 0 Å². The summed E-state index contributed by atoms with van der Waals surface area (Å²) < 4.78 is 0. The largest absolute Gasteiger partial charge is 0.504 e. The van der Waals surface area contributed by atoms with Gasteiger partial charge in [0.15, 0.2) is 11.5 Å². The quantitative estimate of drug-likeness (QED) is 0.569. The van der Waals surface area contributed by atoms with E-state index in [1.54, 1.807) is 12.1 Å². The number of fused-ring (bicyclic) bond motifs is 1. The molecule has 1 aromatic carbocycles. The molecular weight excluding hydrogens is 152 g/mol. The SMILES string of the molecule is Oc1cc2c(cc1O)CC=C[CH]2. The van der Waals surface area contributed by atoms with Crippen molar-refractivity contribution in [3.05, 3.63) is 41.8 Å². The molecule has 2 rings (SSSR count). The molecule has 0 saturated carbocycles. The van der Waals surface area contributed by atoms with Gasteiger partial charge in [0.1, 0.15) is 0 Å². The summed E-state index contributed by atoms with van der Waals surface area (Å²) in [5.74, 6) is -0.0993. The first kappa shape index (κ1) is 7.22. The minimum Gasteiger partial charge on any atom is -0.504 e. The molecule has 2 N–H and O–H groups in total. The lowest BCUT2D eigenvalue weighted by atomic mass is 9.96. The van der Waals surface area contributed by atoms with E-state index in [0.29, 0.717) is 0 Å². The van der Waals surface area contributed by atoms with Crippen molar-refractivity contribution in [2.24, 2.45) is 0 Å². The third kappa shape index (κ3) is 1.05. The number of hydrogen-bond donors (Lipinski definition) is 2. The Morgan fingerprint density at radius 3 is 2.67 bits per heavy atom. The third-order valence-electron chi connectivity index (χ3n) is 1.99. The molecule has 1 aliphatic carbocycles. The molecule has 0 aromatic heterocycles. The van der Waals surface area contributed by atoms with Crippen LogP contribution in [0.25, 0.3) is 0 Å². The van der Waals surface area contributed by atoms with Crippen LogP contribution in [0, 0.1) is 6.42 Å². The Morgan fingerprint density at radius 1 is 1.08 bits per heavy atom. The zero-order valence-electron chi connectivity index (χ0n) is 6.49. The second kappa shape index (κ2) is 2.55. The first-order valence-electron chi connectivity index (χ1n) is 3.82. The second-order valence-electron chi connectivity index (χ2n) is 2.84. The molecule has 0 bridgehead atoms. The molecule has 0 amide bonds. The maximum Gasteiger partial charge on any atom is 0.157 e. The first-order chi connectivity index (χ1) is 5.77. The number of phenolic OH excluding ortho intramolecular Hbond substituents is 2. The molecule has 0 saturated heterocycles. The summed E-state index contributed by atoms with van der Waals surface area (Å²) in [6.45, 7) is 0. The van der Waals surface area contributed by atoms with Gasteiger partial charge in [0.05, 0.1) is 0 Å². The molecule has 1 radical (unpaired) electrons. The standard InChI is InChI=1S/C10H9O2/c11-9-5-7-3-1-2-4-8(7)6-10(9)12/h1-3,5-6,11-12H,4H2. The summed E-state index contributed by atoms with van der Waals surface area (Å²) in [6, 6.07) is 3.18. The predicted octanol–water partition coefficient (Wildman–Crippen LogP) is 1.76. The van der Waals surface area contributed by atoms with Crippen molar-refractivity contribution in [2.45, 2.75) is 6.42 Å². The van der Waals surface area contributed by atoms with Crippen LogP contribution in [-0.2, 0) is 6.42 Å². The molecule has 0 atom stereocenters. The molecular formula is C10H9O2. The number of benzene rings is 1. The summed E-state index contributed by atoms with van der Waals surface area (Å²) in [7, 11) is 0. The topological polar surface area (TPSA) is 40.5 Å². The van der Waals surface area contributed by atoms with E-state index in [0.717, 1.165) is 17.5 Å². The van der Waals surface area contributed by atoms with E-state index in [1.807, 2.05) is 18.6 Å². The van der Waals surface area contributed by atoms with E-state index in [9.17, 15) is 10.2 Å². The van der Waals surface area contributed by atoms with Gasteiger partial charge < -0.3 is 10.2 Å². The Kier molecular flexibility index (Phi) is 1.54. The zero-order valence-corrected chi connectivity index (χ0v) is 6.49. The summed E-state index contributed by atoms with van der Waals surface area (Å²) >= 11 is 0. The van der Waals surface area contributed by atoms with Gasteiger partial charge in [-0.05, 0) is 29.7 Å². The molecule has 0 fully saturated rings. The fourth-order valence-corrected chi connectivity index (χ4v) is 1.33. The van der Waals surface area contributed by atoms with Gasteiger partial charge in [-0.3, -0.25) is 0 Å². The predicted molar refractivity (Wildman–Crippen MR) is 46.0 cm³/mol. The fraction of sp³-hybridized carbons (Fsp3) is 0.100. The molecule has 1 aliphatic rings. The van der Waals surface area contributed by atoms with Crippen LogP contribution < -0.4 is 0 Å². The molecule has 61 valence electrons. The van der Waals surface area contributed by atoms with Crippen LogP contribution in [0.5, 0.6) is 11.5 Å². The molecule has 2 heteroatoms. The van der Waals surface area contributed by atoms with E-state index in [1.165, 1.54) is 0 Å². The molecule has 2 nitrogen and oxygen atoms in total. The lowest BCUT2D eigenvalue weighted by Crippen LogP contribution is -1.94. The minimum absolute atomic E-state index is 0.0440. The zero-order chi connectivity index (χ0) is 8.55. The number of allylic oxidation sites excluding steroid dienone is 2. The molecule has 12 heavy (non-hydrogen) atoms. The molecule has 0 aliphatic heterocycles. The Labute approximate surface area is 70.8 Å². The summed E-state index contributed by atoms with van der Waals surface area (Å²) in [6.07, 6.45) is 6.69. The van der Waals surface area contributed by atoms with E-state index in [4.69, 9.17) is 0 Å². The molecule has 0 unspecified atom stereocenters. The van der Waals surface area contributed by atoms with Crippen molar-refractivity contribution < 1.29 is 10.2 Å². The van der Waals surface area contributed by atoms with Crippen LogP contribution in [0.3, 0.4) is 0 Å². The Bertz CT molecular complexity index is 307. The van der Waals surface area contributed by atoms with Crippen LogP contribution >= 0.6 is 0 Å². The highest BCUT2D eigenvalue weighted by Crippen LogP contribution is 2.31. The highest BCUT2D eigenvalue weighted by Gasteiger charge is 2.09. The van der Waals surface area contributed by atoms with Crippen LogP contribution in [0.2, 0.25) is 0 Å². The lowest BCUT2D eigenvalue weighted by Gasteiger charge is -2.11. The van der Waals surface area contributed by atoms with E-state index in [-0.39, 0.29) is 11.5 Å². The van der Waals surface area contributed by atoms with Crippen molar-refractivity contribution in [2.75, 3.05) is 0 Å². The number of hydrogen-bond acceptors (Lipinski definition) is 2. The first-order valence-corrected chi connectivity index (χ1v) is 3.82. The monoisotopic (exact) mass is 161 g/mol. The van der Waals surface area contributed by atoms with Gasteiger partial charge in [0.2, 0.25) is 0 Å². The molecule has 0 heterocycles. The lowest BCUT2D eigenvalue weighted by molar-refractivity contribution is 0.403. The smallest absolute Gasteiger partial charge is 0.157 e. The number of phenols is 2. The van der Waals surface area contributed by atoms with Gasteiger partial charge in [-0.1, -0.05) is 12.2 Å². The fourth-order valence-electron chi connectivity index (χ4n) is 1.33. The second-order valence-corrected chi connectivity index (χ2v) is 2.84. The average Bonchev–Trinajstić information content (AvgIpc) is 2.07. The van der Waals surface area contributed by atoms with Crippen LogP contribution in [-0.4, -0.2) is 10.2 Å². The summed E-state index contributed by atoms with van der Waals surface area (Å²) in [5, 5.41) is 18.4. The highest BCUT2D eigenvalue weighted by molar-refractivity contribution is 5.51. The summed E-state index contributed by atoms with van der Waals surface area (Å²) in [4.78, 5) is 0. The van der Waals surface area contributed by atoms with E-state index < -0.39 is 0 Å². The Hall–Kier alpha value is -1.44. The van der Waals surface area contributed by atoms with Crippen LogP contribution in [0.1, 0.15) is 11.1 Å². The van der Waals surface area contributed by atoms with Crippen molar-refractivity contribution in [1.29, 1.82) is 0 Å². The average molecular weight is 161 g/mol. The highest BCUT2D eigenvalue weighted by atomic mass is 16.3. The van der Waals surface area contributed by atoms with Crippen molar-refractivity contribution in [3.63, 3.8) is 0 Å². The van der Waals surface area contributed by atoms with Crippen molar-refractivity contribution >= 4 is 0 Å². The maximum absolute atomic E-state index is 9.19. The van der Waals surface area contributed by atoms with Gasteiger partial charge in [-0.2, -0.15) is 0 Å². The number of aromatic hydroxyl groups is 2. The third-order valence-corrected chi connectivity index (χ3v) is 1.99. The Morgan fingerprint density at radius 2 is 1.83 bits per heavy atom. The van der Waals surface area contributed by atoms with Crippen molar-refractivity contribution in [1.82, 2.24) is 0 Å².